The van der Waals surface area contributed by atoms with Crippen molar-refractivity contribution in [1.29, 1.82) is 0 Å². The van der Waals surface area contributed by atoms with E-state index in [0.29, 0.717) is 49.9 Å². The monoisotopic (exact) mass is 686 g/mol. The lowest BCUT2D eigenvalue weighted by Gasteiger charge is -2.36. The van der Waals surface area contributed by atoms with Crippen LogP contribution >= 0.6 is 11.6 Å². The normalized spacial score (nSPS) is 24.0. The maximum atomic E-state index is 14.5. The molecule has 1 saturated carbocycles. The lowest BCUT2D eigenvalue weighted by Crippen LogP contribution is -2.60. The lowest BCUT2D eigenvalue weighted by molar-refractivity contribution is -0.145. The Morgan fingerprint density at radius 1 is 1.10 bits per heavy atom. The first-order chi connectivity index (χ1) is 22.8. The van der Waals surface area contributed by atoms with Gasteiger partial charge in [-0.3, -0.25) is 28.9 Å². The zero-order chi connectivity index (χ0) is 34.6. The Hall–Kier alpha value is -3.55. The van der Waals surface area contributed by atoms with Crippen molar-refractivity contribution in [2.75, 3.05) is 39.4 Å². The Balaban J connectivity index is 1.38. The van der Waals surface area contributed by atoms with Crippen molar-refractivity contribution in [2.24, 2.45) is 10.6 Å². The number of hydrogen-bond acceptors (Lipinski definition) is 9. The van der Waals surface area contributed by atoms with Crippen molar-refractivity contribution in [3.8, 4) is 0 Å². The second-order valence-electron chi connectivity index (χ2n) is 14.4. The largest absolute Gasteiger partial charge is 0.387 e. The number of carbonyl (C=O) groups excluding carboxylic acids is 5. The molecule has 3 aliphatic heterocycles. The van der Waals surface area contributed by atoms with Gasteiger partial charge in [0.1, 0.15) is 12.1 Å². The summed E-state index contributed by atoms with van der Waals surface area (Å²) in [5.74, 6) is -2.76. The number of Topliss-reactive ketones (excluding diaryl/α,β-unsaturated/α-hetero) is 1. The number of carbonyl (C=O) groups is 5. The molecule has 262 valence electrons. The third-order valence-electron chi connectivity index (χ3n) is 9.22. The SMILES string of the molecule is CCC[C@H](NC(=O)[C@@H]1CC2(CC(c3cccc(Cl)c3)=NO2)CN1C(=O)[C@@H](NC(=O)CN1CCOCC1)C(C)(C)C)C(=O)C(=O)NC1CC1. The number of oxime groups is 1. The molecule has 1 unspecified atom stereocenters. The molecule has 4 aliphatic rings. The Bertz CT molecular complexity index is 1440. The minimum atomic E-state index is -1.05. The van der Waals surface area contributed by atoms with Gasteiger partial charge in [0, 0.05) is 42.6 Å². The number of ether oxygens (including phenoxy) is 1. The van der Waals surface area contributed by atoms with Gasteiger partial charge in [0.25, 0.3) is 5.91 Å². The number of morpholine rings is 1. The maximum absolute atomic E-state index is 14.5. The standard InChI is InChI=1S/C34H47ClN6O7/c1-5-7-24(28(43)31(45)36-23-10-11-23)37-30(44)26-18-34(17-25(39-48-34)21-8-6-9-22(35)16-21)20-41(26)32(46)29(33(2,3)4)38-27(42)19-40-12-14-47-15-13-40/h6,8-9,16,23-24,26,29H,5,7,10-15,17-20H2,1-4H3,(H,36,45)(H,37,44)(H,38,42)/t24-,26-,29+,34?/m0/s1. The van der Waals surface area contributed by atoms with Gasteiger partial charge < -0.3 is 30.4 Å². The maximum Gasteiger partial charge on any atom is 0.289 e. The summed E-state index contributed by atoms with van der Waals surface area (Å²) in [5.41, 5.74) is -0.338. The Morgan fingerprint density at radius 2 is 1.83 bits per heavy atom. The van der Waals surface area contributed by atoms with E-state index in [-0.39, 0.29) is 37.9 Å². The highest BCUT2D eigenvalue weighted by molar-refractivity contribution is 6.38. The van der Waals surface area contributed by atoms with E-state index in [1.807, 2.05) is 44.7 Å². The molecule has 1 aliphatic carbocycles. The number of amides is 4. The molecule has 5 rings (SSSR count). The van der Waals surface area contributed by atoms with E-state index in [9.17, 15) is 24.0 Å². The first-order valence-electron chi connectivity index (χ1n) is 16.8. The third kappa shape index (κ3) is 8.72. The Kier molecular flexibility index (Phi) is 11.1. The summed E-state index contributed by atoms with van der Waals surface area (Å²) in [6.45, 7) is 9.85. The number of benzene rings is 1. The van der Waals surface area contributed by atoms with E-state index in [1.54, 1.807) is 12.1 Å². The second-order valence-corrected chi connectivity index (χ2v) is 14.8. The Labute approximate surface area is 286 Å². The van der Waals surface area contributed by atoms with Crippen LogP contribution in [-0.4, -0.2) is 114 Å². The molecular weight excluding hydrogens is 640 g/mol. The zero-order valence-electron chi connectivity index (χ0n) is 28.2. The number of likely N-dealkylation sites (tertiary alicyclic amines) is 1. The number of rotatable bonds is 12. The number of nitrogens with zero attached hydrogens (tertiary/aromatic N) is 3. The fourth-order valence-electron chi connectivity index (χ4n) is 6.40. The molecule has 1 spiro atoms. The van der Waals surface area contributed by atoms with Gasteiger partial charge in [0.05, 0.1) is 38.1 Å². The summed E-state index contributed by atoms with van der Waals surface area (Å²) in [5, 5.41) is 13.3. The van der Waals surface area contributed by atoms with Gasteiger partial charge in [-0.1, -0.05) is 63.0 Å². The van der Waals surface area contributed by atoms with Gasteiger partial charge in [0.2, 0.25) is 23.5 Å². The van der Waals surface area contributed by atoms with Gasteiger partial charge in [-0.25, -0.2) is 0 Å². The molecular formula is C34H47ClN6O7. The van der Waals surface area contributed by atoms with Crippen molar-refractivity contribution >= 4 is 46.7 Å². The van der Waals surface area contributed by atoms with Crippen LogP contribution in [-0.2, 0) is 33.5 Å². The molecule has 4 amide bonds. The highest BCUT2D eigenvalue weighted by atomic mass is 35.5. The van der Waals surface area contributed by atoms with E-state index in [2.05, 4.69) is 21.1 Å². The highest BCUT2D eigenvalue weighted by Gasteiger charge is 2.55. The van der Waals surface area contributed by atoms with Crippen LogP contribution in [0.4, 0.5) is 0 Å². The fraction of sp³-hybridized carbons (Fsp3) is 0.647. The summed E-state index contributed by atoms with van der Waals surface area (Å²) in [7, 11) is 0. The summed E-state index contributed by atoms with van der Waals surface area (Å²) in [4.78, 5) is 77.1. The second kappa shape index (κ2) is 14.9. The van der Waals surface area contributed by atoms with Gasteiger partial charge in [-0.2, -0.15) is 0 Å². The summed E-state index contributed by atoms with van der Waals surface area (Å²) < 4.78 is 5.39. The van der Waals surface area contributed by atoms with E-state index >= 15 is 0 Å². The van der Waals surface area contributed by atoms with Gasteiger partial charge in [-0.05, 0) is 36.8 Å². The first kappa shape index (κ1) is 35.7. The molecule has 14 heteroatoms. The molecule has 0 aromatic heterocycles. The average Bonchev–Trinajstić information content (AvgIpc) is 3.63. The van der Waals surface area contributed by atoms with Crippen LogP contribution in [0.2, 0.25) is 5.02 Å². The van der Waals surface area contributed by atoms with Gasteiger partial charge in [0.15, 0.2) is 5.60 Å². The van der Waals surface area contributed by atoms with Crippen molar-refractivity contribution in [2.45, 2.75) is 96.0 Å². The number of nitrogens with one attached hydrogen (secondary N) is 3. The van der Waals surface area contributed by atoms with Crippen LogP contribution in [0.5, 0.6) is 0 Å². The molecule has 0 radical (unpaired) electrons. The molecule has 3 fully saturated rings. The molecule has 0 bridgehead atoms. The molecule has 13 nitrogen and oxygen atoms in total. The van der Waals surface area contributed by atoms with Crippen LogP contribution in [0, 0.1) is 5.41 Å². The predicted octanol–water partition coefficient (Wildman–Crippen LogP) is 1.80. The molecule has 1 aromatic rings. The van der Waals surface area contributed by atoms with Crippen molar-refractivity contribution in [3.05, 3.63) is 34.9 Å². The minimum absolute atomic E-state index is 0.0109. The first-order valence-corrected chi connectivity index (χ1v) is 17.2. The van der Waals surface area contributed by atoms with Crippen LogP contribution in [0.1, 0.15) is 71.8 Å². The van der Waals surface area contributed by atoms with Crippen LogP contribution in [0.3, 0.4) is 0 Å². The number of hydrogen-bond donors (Lipinski definition) is 3. The number of halogens is 1. The van der Waals surface area contributed by atoms with Crippen LogP contribution in [0.15, 0.2) is 29.4 Å². The molecule has 2 saturated heterocycles. The molecule has 1 aromatic carbocycles. The highest BCUT2D eigenvalue weighted by Crippen LogP contribution is 2.40. The average molecular weight is 687 g/mol. The molecule has 4 atom stereocenters. The van der Waals surface area contributed by atoms with Crippen molar-refractivity contribution in [1.82, 2.24) is 25.8 Å². The van der Waals surface area contributed by atoms with Gasteiger partial charge >= 0.3 is 0 Å². The topological polar surface area (TPSA) is 159 Å². The summed E-state index contributed by atoms with van der Waals surface area (Å²) in [6, 6.07) is 4.12. The quantitative estimate of drug-likeness (QED) is 0.281. The lowest BCUT2D eigenvalue weighted by atomic mass is 9.85. The molecule has 3 N–H and O–H groups in total. The zero-order valence-corrected chi connectivity index (χ0v) is 28.9. The van der Waals surface area contributed by atoms with Crippen molar-refractivity contribution < 1.29 is 33.5 Å². The smallest absolute Gasteiger partial charge is 0.289 e. The summed E-state index contributed by atoms with van der Waals surface area (Å²) >= 11 is 6.24. The van der Waals surface area contributed by atoms with E-state index in [4.69, 9.17) is 21.2 Å². The Morgan fingerprint density at radius 3 is 2.48 bits per heavy atom. The molecule has 48 heavy (non-hydrogen) atoms. The summed E-state index contributed by atoms with van der Waals surface area (Å²) in [6.07, 6.45) is 2.86. The fourth-order valence-corrected chi connectivity index (χ4v) is 6.59. The van der Waals surface area contributed by atoms with Crippen LogP contribution < -0.4 is 16.0 Å². The van der Waals surface area contributed by atoms with E-state index in [0.717, 1.165) is 18.4 Å². The van der Waals surface area contributed by atoms with Crippen molar-refractivity contribution in [3.63, 3.8) is 0 Å². The van der Waals surface area contributed by atoms with E-state index in [1.165, 1.54) is 4.90 Å². The van der Waals surface area contributed by atoms with Crippen LogP contribution in [0.25, 0.3) is 0 Å². The predicted molar refractivity (Wildman–Crippen MR) is 178 cm³/mol. The molecule has 3 heterocycles. The van der Waals surface area contributed by atoms with Gasteiger partial charge in [-0.15, -0.1) is 0 Å². The minimum Gasteiger partial charge on any atom is -0.387 e. The van der Waals surface area contributed by atoms with E-state index < -0.39 is 52.6 Å². The third-order valence-corrected chi connectivity index (χ3v) is 9.45. The number of ketones is 1.